The number of nitrogens with one attached hydrogen (secondary N) is 1. The van der Waals surface area contributed by atoms with Gasteiger partial charge in [0.25, 0.3) is 0 Å². The molecule has 2 saturated carbocycles. The monoisotopic (exact) mass is 534 g/mol. The second-order valence-electron chi connectivity index (χ2n) is 11.2. The predicted octanol–water partition coefficient (Wildman–Crippen LogP) is 5.09. The molecular formula is C33H30N2O5. The Morgan fingerprint density at radius 2 is 1.45 bits per heavy atom. The molecule has 0 spiro atoms. The van der Waals surface area contributed by atoms with Gasteiger partial charge in [0.1, 0.15) is 11.8 Å². The standard InChI is InChI=1S/C33H30N2O5/c1-39-27-9-5-6-10-28(27)40-21-13-11-20(12-14-21)34-31(36)26(17-19-7-3-2-4-8-19)35-32(37)29-22-15-16-23(25-18-24(22)25)30(29)33(35)38/h2-16,22-26,29-30H,17-18H2,1H3,(H,34,36)/t22-,23-,24-,25-,26+,29+,30+/m1/s1. The number of carbonyl (C=O) groups is 3. The van der Waals surface area contributed by atoms with Crippen LogP contribution in [0, 0.1) is 35.5 Å². The van der Waals surface area contributed by atoms with E-state index in [1.165, 1.54) is 4.90 Å². The van der Waals surface area contributed by atoms with E-state index < -0.39 is 6.04 Å². The fourth-order valence-electron chi connectivity index (χ4n) is 7.09. The first-order valence-corrected chi connectivity index (χ1v) is 13.8. The second-order valence-corrected chi connectivity index (χ2v) is 11.2. The van der Waals surface area contributed by atoms with Gasteiger partial charge in [-0.05, 0) is 72.1 Å². The number of para-hydroxylation sites is 2. The fraction of sp³-hybridized carbons (Fsp3) is 0.303. The highest BCUT2D eigenvalue weighted by Gasteiger charge is 2.67. The summed E-state index contributed by atoms with van der Waals surface area (Å²) in [7, 11) is 1.58. The lowest BCUT2D eigenvalue weighted by atomic mass is 9.63. The van der Waals surface area contributed by atoms with E-state index in [-0.39, 0.29) is 47.8 Å². The Kier molecular flexibility index (Phi) is 5.95. The molecule has 8 rings (SSSR count). The number of carbonyl (C=O) groups excluding carboxylic acids is 3. The van der Waals surface area contributed by atoms with Crippen LogP contribution in [0.2, 0.25) is 0 Å². The van der Waals surface area contributed by atoms with Crippen molar-refractivity contribution in [1.29, 1.82) is 0 Å². The maximum atomic E-state index is 13.8. The molecule has 3 fully saturated rings. The Labute approximate surface area is 232 Å². The van der Waals surface area contributed by atoms with Gasteiger partial charge in [0.2, 0.25) is 17.7 Å². The second kappa shape index (κ2) is 9.66. The van der Waals surface area contributed by atoms with Crippen molar-refractivity contribution in [3.63, 3.8) is 0 Å². The third-order valence-corrected chi connectivity index (χ3v) is 9.00. The lowest BCUT2D eigenvalue weighted by molar-refractivity contribution is -0.146. The number of hydrogen-bond donors (Lipinski definition) is 1. The third-order valence-electron chi connectivity index (χ3n) is 9.00. The van der Waals surface area contributed by atoms with Crippen molar-refractivity contribution in [1.82, 2.24) is 4.90 Å². The van der Waals surface area contributed by atoms with Crippen molar-refractivity contribution in [2.75, 3.05) is 12.4 Å². The van der Waals surface area contributed by atoms with E-state index in [1.807, 2.05) is 54.6 Å². The van der Waals surface area contributed by atoms with Gasteiger partial charge in [-0.25, -0.2) is 0 Å². The summed E-state index contributed by atoms with van der Waals surface area (Å²) in [5, 5.41) is 2.95. The summed E-state index contributed by atoms with van der Waals surface area (Å²) in [6.45, 7) is 0. The van der Waals surface area contributed by atoms with Crippen LogP contribution in [0.4, 0.5) is 5.69 Å². The lowest BCUT2D eigenvalue weighted by Crippen LogP contribution is -2.49. The fourth-order valence-corrected chi connectivity index (χ4v) is 7.09. The molecule has 0 unspecified atom stereocenters. The molecule has 3 aromatic rings. The van der Waals surface area contributed by atoms with Crippen LogP contribution in [0.15, 0.2) is 91.0 Å². The summed E-state index contributed by atoms with van der Waals surface area (Å²) >= 11 is 0. The van der Waals surface area contributed by atoms with E-state index in [0.29, 0.717) is 34.8 Å². The Hall–Kier alpha value is -4.39. The topological polar surface area (TPSA) is 84.9 Å². The molecule has 1 heterocycles. The highest BCUT2D eigenvalue weighted by atomic mass is 16.5. The Bertz CT molecular complexity index is 1460. The minimum atomic E-state index is -0.937. The maximum Gasteiger partial charge on any atom is 0.248 e. The smallest absolute Gasteiger partial charge is 0.248 e. The molecule has 2 bridgehead atoms. The molecule has 4 aliphatic carbocycles. The zero-order valence-corrected chi connectivity index (χ0v) is 22.1. The molecule has 0 radical (unpaired) electrons. The number of nitrogens with zero attached hydrogens (tertiary/aromatic N) is 1. The van der Waals surface area contributed by atoms with Crippen LogP contribution in [0.5, 0.6) is 17.2 Å². The van der Waals surface area contributed by atoms with Crippen molar-refractivity contribution in [3.8, 4) is 17.2 Å². The van der Waals surface area contributed by atoms with Crippen molar-refractivity contribution in [3.05, 3.63) is 96.6 Å². The van der Waals surface area contributed by atoms with Gasteiger partial charge < -0.3 is 14.8 Å². The van der Waals surface area contributed by atoms with Crippen molar-refractivity contribution >= 4 is 23.4 Å². The van der Waals surface area contributed by atoms with Crippen molar-refractivity contribution in [2.45, 2.75) is 18.9 Å². The molecule has 7 nitrogen and oxygen atoms in total. The third kappa shape index (κ3) is 4.08. The SMILES string of the molecule is COc1ccccc1Oc1ccc(NC(=O)[C@H](Cc2ccccc2)N2C(=O)[C@H]3[C@@H]4C=C[C@H]([C@H]5C[C@H]45)[C@@H]3C2=O)cc1. The zero-order chi connectivity index (χ0) is 27.4. The molecule has 7 heteroatoms. The van der Waals surface area contributed by atoms with Crippen LogP contribution in [0.25, 0.3) is 0 Å². The first-order chi connectivity index (χ1) is 19.5. The molecule has 202 valence electrons. The van der Waals surface area contributed by atoms with Crippen LogP contribution in [-0.4, -0.2) is 35.8 Å². The number of anilines is 1. The van der Waals surface area contributed by atoms with Crippen LogP contribution in [0.1, 0.15) is 12.0 Å². The number of likely N-dealkylation sites (tertiary alicyclic amines) is 1. The molecule has 3 amide bonds. The maximum absolute atomic E-state index is 13.8. The molecule has 1 aliphatic heterocycles. The molecule has 0 aromatic heterocycles. The number of amides is 3. The van der Waals surface area contributed by atoms with E-state index in [9.17, 15) is 14.4 Å². The summed E-state index contributed by atoms with van der Waals surface area (Å²) in [6, 6.07) is 23.0. The molecule has 40 heavy (non-hydrogen) atoms. The summed E-state index contributed by atoms with van der Waals surface area (Å²) < 4.78 is 11.3. The van der Waals surface area contributed by atoms with E-state index in [1.54, 1.807) is 31.4 Å². The van der Waals surface area contributed by atoms with Gasteiger partial charge in [0.15, 0.2) is 11.5 Å². The Morgan fingerprint density at radius 1 is 0.850 bits per heavy atom. The Morgan fingerprint density at radius 3 is 2.08 bits per heavy atom. The summed E-state index contributed by atoms with van der Waals surface area (Å²) in [6.07, 6.45) is 5.65. The molecular weight excluding hydrogens is 504 g/mol. The van der Waals surface area contributed by atoms with Gasteiger partial charge >= 0.3 is 0 Å². The normalized spacial score (nSPS) is 28.1. The van der Waals surface area contributed by atoms with E-state index in [4.69, 9.17) is 9.47 Å². The quantitative estimate of drug-likeness (QED) is 0.322. The van der Waals surface area contributed by atoms with Gasteiger partial charge in [-0.15, -0.1) is 0 Å². The number of imide groups is 1. The number of ether oxygens (including phenoxy) is 2. The highest BCUT2D eigenvalue weighted by molar-refractivity contribution is 6.10. The van der Waals surface area contributed by atoms with E-state index in [2.05, 4.69) is 17.5 Å². The zero-order valence-electron chi connectivity index (χ0n) is 22.1. The van der Waals surface area contributed by atoms with Crippen LogP contribution in [-0.2, 0) is 20.8 Å². The predicted molar refractivity (Wildman–Crippen MR) is 149 cm³/mol. The molecule has 1 N–H and O–H groups in total. The van der Waals surface area contributed by atoms with E-state index in [0.717, 1.165) is 12.0 Å². The van der Waals surface area contributed by atoms with Crippen LogP contribution < -0.4 is 14.8 Å². The van der Waals surface area contributed by atoms with Gasteiger partial charge in [-0.2, -0.15) is 0 Å². The first-order valence-electron chi connectivity index (χ1n) is 13.8. The minimum absolute atomic E-state index is 0.109. The van der Waals surface area contributed by atoms with Gasteiger partial charge in [0.05, 0.1) is 18.9 Å². The summed E-state index contributed by atoms with van der Waals surface area (Å²) in [5.41, 5.74) is 1.44. The molecule has 3 aromatic carbocycles. The molecule has 1 saturated heterocycles. The Balaban J connectivity index is 1.13. The van der Waals surface area contributed by atoms with Crippen LogP contribution >= 0.6 is 0 Å². The number of allylic oxidation sites excluding steroid dienone is 2. The highest BCUT2D eigenvalue weighted by Crippen LogP contribution is 2.65. The minimum Gasteiger partial charge on any atom is -0.493 e. The largest absolute Gasteiger partial charge is 0.493 e. The van der Waals surface area contributed by atoms with Crippen molar-refractivity contribution in [2.24, 2.45) is 35.5 Å². The summed E-state index contributed by atoms with van der Waals surface area (Å²) in [4.78, 5) is 42.7. The first kappa shape index (κ1) is 24.6. The molecule has 7 atom stereocenters. The average molecular weight is 535 g/mol. The number of methoxy groups -OCH3 is 1. The average Bonchev–Trinajstić information content (AvgIpc) is 3.77. The van der Waals surface area contributed by atoms with Gasteiger partial charge in [-0.1, -0.05) is 54.6 Å². The van der Waals surface area contributed by atoms with Crippen molar-refractivity contribution < 1.29 is 23.9 Å². The van der Waals surface area contributed by atoms with Crippen LogP contribution in [0.3, 0.4) is 0 Å². The van der Waals surface area contributed by atoms with E-state index >= 15 is 0 Å². The summed E-state index contributed by atoms with van der Waals surface area (Å²) in [5.74, 6) is 1.54. The number of benzene rings is 3. The lowest BCUT2D eigenvalue weighted by Gasteiger charge is -2.37. The van der Waals surface area contributed by atoms with Gasteiger partial charge in [0, 0.05) is 12.1 Å². The van der Waals surface area contributed by atoms with Gasteiger partial charge in [-0.3, -0.25) is 19.3 Å². The molecule has 5 aliphatic rings. The number of rotatable bonds is 8. The number of hydrogen-bond acceptors (Lipinski definition) is 5.